The van der Waals surface area contributed by atoms with Gasteiger partial charge in [0.1, 0.15) is 11.6 Å². The second-order valence-electron chi connectivity index (χ2n) is 4.14. The van der Waals surface area contributed by atoms with Gasteiger partial charge >= 0.3 is 11.9 Å². The van der Waals surface area contributed by atoms with Gasteiger partial charge in [-0.05, 0) is 24.3 Å². The SMILES string of the molecule is O=C(O)C[C@H](NC(=O)c1ccc2occc2c1)C(=O)O. The van der Waals surface area contributed by atoms with Gasteiger partial charge in [-0.3, -0.25) is 9.59 Å². The first kappa shape index (κ1) is 13.6. The van der Waals surface area contributed by atoms with E-state index >= 15 is 0 Å². The van der Waals surface area contributed by atoms with Crippen molar-refractivity contribution in [2.75, 3.05) is 0 Å². The Morgan fingerprint density at radius 3 is 2.60 bits per heavy atom. The largest absolute Gasteiger partial charge is 0.481 e. The van der Waals surface area contributed by atoms with Crippen LogP contribution in [0.2, 0.25) is 0 Å². The second-order valence-corrected chi connectivity index (χ2v) is 4.14. The summed E-state index contributed by atoms with van der Waals surface area (Å²) in [4.78, 5) is 33.3. The average molecular weight is 277 g/mol. The van der Waals surface area contributed by atoms with E-state index in [1.54, 1.807) is 12.1 Å². The van der Waals surface area contributed by atoms with E-state index in [1.807, 2.05) is 0 Å². The van der Waals surface area contributed by atoms with Crippen molar-refractivity contribution in [1.29, 1.82) is 0 Å². The molecule has 0 aliphatic carbocycles. The van der Waals surface area contributed by atoms with E-state index in [2.05, 4.69) is 5.32 Å². The summed E-state index contributed by atoms with van der Waals surface area (Å²) in [6.07, 6.45) is 0.784. The van der Waals surface area contributed by atoms with Crippen molar-refractivity contribution in [3.05, 3.63) is 36.1 Å². The third-order valence-electron chi connectivity index (χ3n) is 2.70. The second kappa shape index (κ2) is 5.43. The molecule has 20 heavy (non-hydrogen) atoms. The monoisotopic (exact) mass is 277 g/mol. The van der Waals surface area contributed by atoms with Crippen LogP contribution in [-0.4, -0.2) is 34.1 Å². The Labute approximate surface area is 112 Å². The number of rotatable bonds is 5. The van der Waals surface area contributed by atoms with E-state index in [0.29, 0.717) is 11.0 Å². The van der Waals surface area contributed by atoms with Crippen molar-refractivity contribution in [1.82, 2.24) is 5.32 Å². The number of fused-ring (bicyclic) bond motifs is 1. The molecule has 0 saturated heterocycles. The Morgan fingerprint density at radius 2 is 1.95 bits per heavy atom. The molecule has 1 aromatic heterocycles. The van der Waals surface area contributed by atoms with Crippen LogP contribution in [-0.2, 0) is 9.59 Å². The van der Waals surface area contributed by atoms with Crippen LogP contribution in [0.5, 0.6) is 0 Å². The van der Waals surface area contributed by atoms with Crippen molar-refractivity contribution >= 4 is 28.8 Å². The summed E-state index contributed by atoms with van der Waals surface area (Å²) in [7, 11) is 0. The standard InChI is InChI=1S/C13H11NO6/c15-11(16)6-9(13(18)19)14-12(17)8-1-2-10-7(5-8)3-4-20-10/h1-5,9H,6H2,(H,14,17)(H,15,16)(H,18,19)/t9-/m0/s1. The fraction of sp³-hybridized carbons (Fsp3) is 0.154. The summed E-state index contributed by atoms with van der Waals surface area (Å²) >= 11 is 0. The third-order valence-corrected chi connectivity index (χ3v) is 2.70. The number of hydrogen-bond acceptors (Lipinski definition) is 4. The molecule has 1 amide bonds. The lowest BCUT2D eigenvalue weighted by atomic mass is 10.1. The van der Waals surface area contributed by atoms with Gasteiger partial charge < -0.3 is 19.9 Å². The maximum Gasteiger partial charge on any atom is 0.326 e. The maximum absolute atomic E-state index is 11.9. The molecule has 3 N–H and O–H groups in total. The molecule has 0 bridgehead atoms. The van der Waals surface area contributed by atoms with Gasteiger partial charge in [0.2, 0.25) is 0 Å². The highest BCUT2D eigenvalue weighted by atomic mass is 16.4. The van der Waals surface area contributed by atoms with Crippen molar-refractivity contribution < 1.29 is 29.0 Å². The van der Waals surface area contributed by atoms with Crippen LogP contribution >= 0.6 is 0 Å². The molecule has 0 fully saturated rings. The highest BCUT2D eigenvalue weighted by Crippen LogP contribution is 2.17. The summed E-state index contributed by atoms with van der Waals surface area (Å²) in [5, 5.41) is 20.3. The normalized spacial score (nSPS) is 12.0. The number of carboxylic acids is 2. The lowest BCUT2D eigenvalue weighted by Gasteiger charge is -2.12. The Balaban J connectivity index is 2.17. The van der Waals surface area contributed by atoms with Crippen LogP contribution in [0.4, 0.5) is 0 Å². The highest BCUT2D eigenvalue weighted by molar-refractivity contribution is 5.99. The summed E-state index contributed by atoms with van der Waals surface area (Å²) < 4.78 is 5.12. The molecule has 1 atom stereocenters. The maximum atomic E-state index is 11.9. The molecule has 1 heterocycles. The predicted octanol–water partition coefficient (Wildman–Crippen LogP) is 1.09. The molecular formula is C13H11NO6. The fourth-order valence-electron chi connectivity index (χ4n) is 1.72. The van der Waals surface area contributed by atoms with Crippen LogP contribution < -0.4 is 5.32 Å². The van der Waals surface area contributed by atoms with Crippen LogP contribution in [0.1, 0.15) is 16.8 Å². The van der Waals surface area contributed by atoms with Crippen LogP contribution in [0.25, 0.3) is 11.0 Å². The van der Waals surface area contributed by atoms with E-state index in [4.69, 9.17) is 14.6 Å². The van der Waals surface area contributed by atoms with Gasteiger partial charge in [0, 0.05) is 10.9 Å². The van der Waals surface area contributed by atoms with Gasteiger partial charge in [0.05, 0.1) is 12.7 Å². The molecule has 0 aliphatic heterocycles. The Bertz CT molecular complexity index is 674. The molecule has 0 aliphatic rings. The molecule has 0 unspecified atom stereocenters. The minimum atomic E-state index is -1.47. The number of amides is 1. The summed E-state index contributed by atoms with van der Waals surface area (Å²) in [5.74, 6) is -3.35. The van der Waals surface area contributed by atoms with E-state index in [1.165, 1.54) is 18.4 Å². The first-order valence-corrected chi connectivity index (χ1v) is 5.70. The van der Waals surface area contributed by atoms with E-state index in [-0.39, 0.29) is 5.56 Å². The zero-order valence-corrected chi connectivity index (χ0v) is 10.2. The van der Waals surface area contributed by atoms with Gasteiger partial charge in [0.15, 0.2) is 0 Å². The van der Waals surface area contributed by atoms with E-state index in [0.717, 1.165) is 0 Å². The quantitative estimate of drug-likeness (QED) is 0.753. The van der Waals surface area contributed by atoms with E-state index in [9.17, 15) is 14.4 Å². The van der Waals surface area contributed by atoms with Crippen LogP contribution in [0.3, 0.4) is 0 Å². The number of carboxylic acid groups (broad SMARTS) is 2. The smallest absolute Gasteiger partial charge is 0.326 e. The molecule has 0 spiro atoms. The number of aliphatic carboxylic acids is 2. The number of benzene rings is 1. The molecule has 2 rings (SSSR count). The Hall–Kier alpha value is -2.83. The van der Waals surface area contributed by atoms with Gasteiger partial charge in [0.25, 0.3) is 5.91 Å². The number of carbonyl (C=O) groups is 3. The lowest BCUT2D eigenvalue weighted by molar-refractivity contribution is -0.145. The Kier molecular flexibility index (Phi) is 3.69. The summed E-state index contributed by atoms with van der Waals surface area (Å²) in [6.45, 7) is 0. The summed E-state index contributed by atoms with van der Waals surface area (Å²) in [5.41, 5.74) is 0.831. The van der Waals surface area contributed by atoms with Crippen LogP contribution in [0, 0.1) is 0 Å². The molecule has 104 valence electrons. The van der Waals surface area contributed by atoms with Gasteiger partial charge in [-0.2, -0.15) is 0 Å². The number of furan rings is 1. The van der Waals surface area contributed by atoms with Crippen molar-refractivity contribution in [2.24, 2.45) is 0 Å². The fourth-order valence-corrected chi connectivity index (χ4v) is 1.72. The first-order valence-electron chi connectivity index (χ1n) is 5.70. The van der Waals surface area contributed by atoms with Crippen molar-refractivity contribution in [3.63, 3.8) is 0 Å². The van der Waals surface area contributed by atoms with Crippen molar-refractivity contribution in [3.8, 4) is 0 Å². The molecular weight excluding hydrogens is 266 g/mol. The van der Waals surface area contributed by atoms with Crippen molar-refractivity contribution in [2.45, 2.75) is 12.5 Å². The lowest BCUT2D eigenvalue weighted by Crippen LogP contribution is -2.42. The van der Waals surface area contributed by atoms with Gasteiger partial charge in [-0.25, -0.2) is 4.79 Å². The topological polar surface area (TPSA) is 117 Å². The van der Waals surface area contributed by atoms with Gasteiger partial charge in [-0.15, -0.1) is 0 Å². The zero-order valence-electron chi connectivity index (χ0n) is 10.2. The number of nitrogens with one attached hydrogen (secondary N) is 1. The molecule has 2 aromatic rings. The van der Waals surface area contributed by atoms with E-state index < -0.39 is 30.3 Å². The Morgan fingerprint density at radius 1 is 1.20 bits per heavy atom. The summed E-state index contributed by atoms with van der Waals surface area (Å²) in [6, 6.07) is 4.78. The minimum Gasteiger partial charge on any atom is -0.481 e. The predicted molar refractivity (Wildman–Crippen MR) is 67.4 cm³/mol. The van der Waals surface area contributed by atoms with Gasteiger partial charge in [-0.1, -0.05) is 0 Å². The minimum absolute atomic E-state index is 0.232. The molecule has 7 nitrogen and oxygen atoms in total. The highest BCUT2D eigenvalue weighted by Gasteiger charge is 2.23. The molecule has 7 heteroatoms. The first-order chi connectivity index (χ1) is 9.47. The third kappa shape index (κ3) is 2.94. The molecule has 0 radical (unpaired) electrons. The number of hydrogen-bond donors (Lipinski definition) is 3. The molecule has 1 aromatic carbocycles. The number of carbonyl (C=O) groups excluding carboxylic acids is 1. The van der Waals surface area contributed by atoms with Crippen LogP contribution in [0.15, 0.2) is 34.9 Å². The molecule has 0 saturated carbocycles. The zero-order chi connectivity index (χ0) is 14.7. The average Bonchev–Trinajstić information content (AvgIpc) is 2.84.